The topological polar surface area (TPSA) is 63.1 Å². The van der Waals surface area contributed by atoms with Crippen LogP contribution in [0.3, 0.4) is 0 Å². The number of nitrogens with one attached hydrogen (secondary N) is 2. The van der Waals surface area contributed by atoms with E-state index in [1.807, 2.05) is 13.8 Å². The Kier molecular flexibility index (Phi) is 3.63. The molecule has 0 spiro atoms. The van der Waals surface area contributed by atoms with Gasteiger partial charge in [-0.3, -0.25) is 9.69 Å². The average molecular weight is 242 g/mol. The summed E-state index contributed by atoms with van der Waals surface area (Å²) >= 11 is 0. The Hall–Kier alpha value is -1.14. The molecular weight excluding hydrogens is 222 g/mol. The molecule has 0 saturated carbocycles. The summed E-state index contributed by atoms with van der Waals surface area (Å²) < 4.78 is 5.62. The van der Waals surface area contributed by atoms with Gasteiger partial charge in [0.25, 0.3) is 5.91 Å². The van der Waals surface area contributed by atoms with Gasteiger partial charge in [-0.05, 0) is 13.8 Å². The number of rotatable bonds is 2. The summed E-state index contributed by atoms with van der Waals surface area (Å²) in [5.41, 5.74) is 0. The van der Waals surface area contributed by atoms with Crippen LogP contribution in [0, 0.1) is 0 Å². The van der Waals surface area contributed by atoms with Crippen LogP contribution in [-0.4, -0.2) is 61.8 Å². The number of ether oxygens (including phenoxy) is 1. The molecule has 0 aromatic rings. The van der Waals surface area contributed by atoms with Crippen molar-refractivity contribution in [2.75, 3.05) is 32.7 Å². The van der Waals surface area contributed by atoms with E-state index in [9.17, 15) is 9.59 Å². The highest BCUT2D eigenvalue weighted by Gasteiger charge is 2.32. The van der Waals surface area contributed by atoms with Crippen molar-refractivity contribution in [1.29, 1.82) is 0 Å². The zero-order valence-electron chi connectivity index (χ0n) is 10.4. The molecule has 3 amide bonds. The Labute approximate surface area is 101 Å². The van der Waals surface area contributed by atoms with E-state index in [1.165, 1.54) is 9.80 Å². The van der Waals surface area contributed by atoms with E-state index < -0.39 is 0 Å². The molecule has 2 saturated heterocycles. The maximum absolute atomic E-state index is 11.9. The minimum absolute atomic E-state index is 0.0868. The normalized spacial score (nSPS) is 33.6. The second-order valence-corrected chi connectivity index (χ2v) is 4.87. The van der Waals surface area contributed by atoms with Gasteiger partial charge < -0.3 is 15.0 Å². The van der Waals surface area contributed by atoms with Crippen molar-refractivity contribution in [2.24, 2.45) is 0 Å². The first kappa shape index (κ1) is 12.3. The van der Waals surface area contributed by atoms with Crippen LogP contribution in [-0.2, 0) is 9.53 Å². The number of nitrogens with zero attached hydrogens (tertiary/aromatic N) is 1. The van der Waals surface area contributed by atoms with Gasteiger partial charge in [-0.25, -0.2) is 4.79 Å². The molecule has 96 valence electrons. The molecule has 2 fully saturated rings. The molecule has 0 aliphatic carbocycles. The Morgan fingerprint density at radius 2 is 2.12 bits per heavy atom. The summed E-state index contributed by atoms with van der Waals surface area (Å²) in [5.74, 6) is -0.0868. The molecule has 3 atom stereocenters. The highest BCUT2D eigenvalue weighted by molar-refractivity contribution is 5.96. The van der Waals surface area contributed by atoms with Crippen molar-refractivity contribution in [2.45, 2.75) is 26.1 Å². The fraction of sp³-hybridized carbons (Fsp3) is 0.818. The van der Waals surface area contributed by atoms with Crippen LogP contribution < -0.4 is 10.2 Å². The molecule has 6 heteroatoms. The van der Waals surface area contributed by atoms with Gasteiger partial charge in [-0.15, -0.1) is 0 Å². The lowest BCUT2D eigenvalue weighted by Gasteiger charge is -2.32. The van der Waals surface area contributed by atoms with E-state index >= 15 is 0 Å². The maximum atomic E-state index is 11.9. The lowest BCUT2D eigenvalue weighted by atomic mass is 10.2. The predicted molar refractivity (Wildman–Crippen MR) is 60.7 cm³/mol. The summed E-state index contributed by atoms with van der Waals surface area (Å²) in [6, 6.07) is -0.260. The number of hydrogen-bond donors (Lipinski definition) is 2. The Morgan fingerprint density at radius 1 is 1.47 bits per heavy atom. The van der Waals surface area contributed by atoms with Crippen molar-refractivity contribution in [3.8, 4) is 0 Å². The summed E-state index contributed by atoms with van der Waals surface area (Å²) in [7, 11) is 0. The molecule has 0 radical (unpaired) electrons. The highest BCUT2D eigenvalue weighted by atomic mass is 16.5. The molecular formula is C11H20N3O3+. The van der Waals surface area contributed by atoms with Crippen LogP contribution in [0.1, 0.15) is 13.8 Å². The SMILES string of the molecule is C[C@@H]1C[NH+](CC(=O)N2CCNC2=O)C[C@H](C)O1. The molecule has 2 rings (SSSR count). The van der Waals surface area contributed by atoms with Gasteiger partial charge in [0.1, 0.15) is 25.3 Å². The Bertz CT molecular complexity index is 311. The molecule has 17 heavy (non-hydrogen) atoms. The number of morpholine rings is 1. The molecule has 0 bridgehead atoms. The highest BCUT2D eigenvalue weighted by Crippen LogP contribution is 1.99. The number of hydrogen-bond acceptors (Lipinski definition) is 3. The quantitative estimate of drug-likeness (QED) is 0.602. The van der Waals surface area contributed by atoms with Gasteiger partial charge in [0.2, 0.25) is 0 Å². The fourth-order valence-electron chi connectivity index (χ4n) is 2.55. The summed E-state index contributed by atoms with van der Waals surface area (Å²) in [4.78, 5) is 25.8. The van der Waals surface area contributed by atoms with Crippen LogP contribution >= 0.6 is 0 Å². The predicted octanol–water partition coefficient (Wildman–Crippen LogP) is -1.77. The maximum Gasteiger partial charge on any atom is 0.324 e. The van der Waals surface area contributed by atoms with E-state index in [0.717, 1.165) is 13.1 Å². The van der Waals surface area contributed by atoms with E-state index in [1.54, 1.807) is 0 Å². The number of amides is 3. The lowest BCUT2D eigenvalue weighted by Crippen LogP contribution is -3.16. The number of quaternary nitrogens is 1. The first-order chi connectivity index (χ1) is 8.06. The smallest absolute Gasteiger partial charge is 0.324 e. The monoisotopic (exact) mass is 242 g/mol. The van der Waals surface area contributed by atoms with E-state index in [0.29, 0.717) is 19.6 Å². The van der Waals surface area contributed by atoms with E-state index in [-0.39, 0.29) is 24.1 Å². The lowest BCUT2D eigenvalue weighted by molar-refractivity contribution is -0.907. The molecule has 1 unspecified atom stereocenters. The number of urea groups is 1. The molecule has 0 aromatic carbocycles. The third-order valence-corrected chi connectivity index (χ3v) is 3.18. The van der Waals surface area contributed by atoms with Crippen LogP contribution in [0.2, 0.25) is 0 Å². The minimum atomic E-state index is -0.260. The second kappa shape index (κ2) is 5.01. The third-order valence-electron chi connectivity index (χ3n) is 3.18. The molecule has 2 N–H and O–H groups in total. The summed E-state index contributed by atoms with van der Waals surface area (Å²) in [6.45, 7) is 7.12. The summed E-state index contributed by atoms with van der Waals surface area (Å²) in [6.07, 6.45) is 0.350. The van der Waals surface area contributed by atoms with Gasteiger partial charge >= 0.3 is 6.03 Å². The van der Waals surface area contributed by atoms with Gasteiger partial charge in [0, 0.05) is 13.1 Å². The Balaban J connectivity index is 1.87. The van der Waals surface area contributed by atoms with Crippen LogP contribution in [0.15, 0.2) is 0 Å². The van der Waals surface area contributed by atoms with Crippen molar-refractivity contribution in [3.05, 3.63) is 0 Å². The first-order valence-electron chi connectivity index (χ1n) is 6.13. The average Bonchev–Trinajstić information content (AvgIpc) is 2.62. The molecule has 2 aliphatic rings. The van der Waals surface area contributed by atoms with Gasteiger partial charge in [0.15, 0.2) is 6.54 Å². The van der Waals surface area contributed by atoms with Crippen molar-refractivity contribution >= 4 is 11.9 Å². The molecule has 0 aromatic heterocycles. The number of carbonyl (C=O) groups excluding carboxylic acids is 2. The first-order valence-corrected chi connectivity index (χ1v) is 6.13. The third kappa shape index (κ3) is 2.95. The summed E-state index contributed by atoms with van der Waals surface area (Å²) in [5, 5.41) is 2.64. The fourth-order valence-corrected chi connectivity index (χ4v) is 2.55. The van der Waals surface area contributed by atoms with Crippen LogP contribution in [0.4, 0.5) is 4.79 Å². The van der Waals surface area contributed by atoms with E-state index in [4.69, 9.17) is 4.74 Å². The zero-order valence-corrected chi connectivity index (χ0v) is 10.4. The molecule has 2 aliphatic heterocycles. The molecule has 6 nitrogen and oxygen atoms in total. The standard InChI is InChI=1S/C11H19N3O3/c1-8-5-13(6-9(2)17-8)7-10(15)14-4-3-12-11(14)16/h8-9H,3-7H2,1-2H3,(H,12,16)/p+1/t8-,9+. The Morgan fingerprint density at radius 3 is 2.65 bits per heavy atom. The van der Waals surface area contributed by atoms with E-state index in [2.05, 4.69) is 5.32 Å². The van der Waals surface area contributed by atoms with Crippen molar-refractivity contribution in [1.82, 2.24) is 10.2 Å². The molecule has 2 heterocycles. The van der Waals surface area contributed by atoms with Gasteiger partial charge in [-0.2, -0.15) is 0 Å². The zero-order chi connectivity index (χ0) is 12.4. The van der Waals surface area contributed by atoms with Crippen LogP contribution in [0.5, 0.6) is 0 Å². The second-order valence-electron chi connectivity index (χ2n) is 4.87. The number of imide groups is 1. The van der Waals surface area contributed by atoms with Crippen molar-refractivity contribution in [3.63, 3.8) is 0 Å². The van der Waals surface area contributed by atoms with Crippen molar-refractivity contribution < 1.29 is 19.2 Å². The van der Waals surface area contributed by atoms with Crippen LogP contribution in [0.25, 0.3) is 0 Å². The number of carbonyl (C=O) groups is 2. The van der Waals surface area contributed by atoms with Gasteiger partial charge in [0.05, 0.1) is 0 Å². The minimum Gasteiger partial charge on any atom is -0.364 e. The van der Waals surface area contributed by atoms with Gasteiger partial charge in [-0.1, -0.05) is 0 Å². The largest absolute Gasteiger partial charge is 0.364 e.